The summed E-state index contributed by atoms with van der Waals surface area (Å²) in [6.07, 6.45) is 1.62. The van der Waals surface area contributed by atoms with Crippen molar-refractivity contribution < 1.29 is 14.3 Å². The number of amides is 2. The summed E-state index contributed by atoms with van der Waals surface area (Å²) in [6, 6.07) is 30.9. The van der Waals surface area contributed by atoms with Crippen LogP contribution >= 0.6 is 0 Å². The molecule has 0 unspecified atom stereocenters. The van der Waals surface area contributed by atoms with Crippen molar-refractivity contribution in [2.24, 2.45) is 5.10 Å². The van der Waals surface area contributed by atoms with Crippen LogP contribution in [-0.2, 0) is 16.2 Å². The van der Waals surface area contributed by atoms with Crippen LogP contribution < -0.4 is 15.5 Å². The van der Waals surface area contributed by atoms with Crippen molar-refractivity contribution >= 4 is 34.5 Å². The van der Waals surface area contributed by atoms with Gasteiger partial charge in [0.2, 0.25) is 11.8 Å². The number of hydrogen-bond acceptors (Lipinski definition) is 4. The van der Waals surface area contributed by atoms with Crippen molar-refractivity contribution in [2.45, 2.75) is 19.4 Å². The summed E-state index contributed by atoms with van der Waals surface area (Å²) >= 11 is 0. The Morgan fingerprint density at radius 2 is 1.47 bits per heavy atom. The smallest absolute Gasteiger partial charge is 0.240 e. The molecule has 0 bridgehead atoms. The third-order valence-corrected chi connectivity index (χ3v) is 5.19. The van der Waals surface area contributed by atoms with E-state index in [0.717, 1.165) is 27.6 Å². The van der Waals surface area contributed by atoms with Gasteiger partial charge in [0, 0.05) is 29.5 Å². The first-order valence-electron chi connectivity index (χ1n) is 11.0. The Morgan fingerprint density at radius 3 is 2.35 bits per heavy atom. The molecule has 170 valence electrons. The number of fused-ring (bicyclic) bond motifs is 1. The van der Waals surface area contributed by atoms with Gasteiger partial charge in [-0.05, 0) is 29.1 Å². The van der Waals surface area contributed by atoms with Crippen molar-refractivity contribution in [2.75, 3.05) is 5.32 Å². The summed E-state index contributed by atoms with van der Waals surface area (Å²) in [5.74, 6) is 0.0981. The van der Waals surface area contributed by atoms with E-state index in [-0.39, 0.29) is 24.7 Å². The van der Waals surface area contributed by atoms with Crippen LogP contribution in [0, 0.1) is 0 Å². The van der Waals surface area contributed by atoms with E-state index in [1.54, 1.807) is 0 Å². The number of rotatable bonds is 9. The van der Waals surface area contributed by atoms with E-state index < -0.39 is 0 Å². The molecule has 0 aliphatic carbocycles. The molecule has 4 aromatic carbocycles. The van der Waals surface area contributed by atoms with Crippen LogP contribution in [0.15, 0.2) is 102 Å². The van der Waals surface area contributed by atoms with Crippen LogP contribution in [0.2, 0.25) is 0 Å². The van der Waals surface area contributed by atoms with E-state index in [1.165, 1.54) is 6.21 Å². The molecule has 4 rings (SSSR count). The largest absolute Gasteiger partial charge is 0.488 e. The third kappa shape index (κ3) is 6.29. The Hall–Kier alpha value is -4.45. The molecule has 0 spiro atoms. The lowest BCUT2D eigenvalue weighted by molar-refractivity contribution is -0.124. The average Bonchev–Trinajstić information content (AvgIpc) is 2.88. The Bertz CT molecular complexity index is 1300. The number of hydrazone groups is 1. The molecule has 34 heavy (non-hydrogen) atoms. The number of carbonyl (C=O) groups excluding carboxylic acids is 2. The van der Waals surface area contributed by atoms with E-state index in [9.17, 15) is 9.59 Å². The standard InChI is InChI=1S/C28H25N3O3/c32-27(30-25-15-8-13-22-11-4-6-14-24(22)25)17-18-28(33)31-29-19-23-12-5-7-16-26(23)34-20-21-9-2-1-3-10-21/h1-16,19H,17-18,20H2,(H,30,32)(H,31,33)/b29-19-. The molecule has 0 aromatic heterocycles. The Balaban J connectivity index is 1.26. The number of carbonyl (C=O) groups is 2. The molecule has 2 N–H and O–H groups in total. The number of nitrogens with one attached hydrogen (secondary N) is 2. The second kappa shape index (κ2) is 11.4. The van der Waals surface area contributed by atoms with Crippen LogP contribution in [0.3, 0.4) is 0 Å². The van der Waals surface area contributed by atoms with Gasteiger partial charge in [0.05, 0.1) is 6.21 Å². The predicted octanol–water partition coefficient (Wildman–Crippen LogP) is 5.29. The lowest BCUT2D eigenvalue weighted by atomic mass is 10.1. The van der Waals surface area contributed by atoms with E-state index in [0.29, 0.717) is 12.4 Å². The molecule has 2 amide bonds. The SMILES string of the molecule is O=C(CCC(=O)Nc1cccc2ccccc12)N/N=C\c1ccccc1OCc1ccccc1. The molecular formula is C28H25N3O3. The summed E-state index contributed by atoms with van der Waals surface area (Å²) in [7, 11) is 0. The topological polar surface area (TPSA) is 79.8 Å². The first-order valence-corrected chi connectivity index (χ1v) is 11.0. The fourth-order valence-electron chi connectivity index (χ4n) is 3.46. The van der Waals surface area contributed by atoms with Gasteiger partial charge in [0.1, 0.15) is 12.4 Å². The first kappa shape index (κ1) is 22.7. The van der Waals surface area contributed by atoms with Gasteiger partial charge >= 0.3 is 0 Å². The van der Waals surface area contributed by atoms with Gasteiger partial charge in [0.25, 0.3) is 0 Å². The zero-order valence-electron chi connectivity index (χ0n) is 18.6. The highest BCUT2D eigenvalue weighted by molar-refractivity contribution is 6.02. The van der Waals surface area contributed by atoms with Crippen molar-refractivity contribution in [3.8, 4) is 5.75 Å². The number of ether oxygens (including phenoxy) is 1. The Kier molecular flexibility index (Phi) is 7.64. The predicted molar refractivity (Wildman–Crippen MR) is 135 cm³/mol. The number of anilines is 1. The molecule has 0 atom stereocenters. The van der Waals surface area contributed by atoms with Crippen LogP contribution in [0.4, 0.5) is 5.69 Å². The van der Waals surface area contributed by atoms with E-state index in [1.807, 2.05) is 97.1 Å². The molecule has 4 aromatic rings. The highest BCUT2D eigenvalue weighted by atomic mass is 16.5. The van der Waals surface area contributed by atoms with Crippen molar-refractivity contribution in [3.63, 3.8) is 0 Å². The Morgan fingerprint density at radius 1 is 0.765 bits per heavy atom. The van der Waals surface area contributed by atoms with Crippen molar-refractivity contribution in [1.29, 1.82) is 0 Å². The molecule has 0 radical (unpaired) electrons. The number of benzene rings is 4. The summed E-state index contributed by atoms with van der Waals surface area (Å²) in [6.45, 7) is 0.434. The molecule has 0 heterocycles. The zero-order chi connectivity index (χ0) is 23.6. The maximum atomic E-state index is 12.3. The number of para-hydroxylation sites is 1. The third-order valence-electron chi connectivity index (χ3n) is 5.19. The van der Waals surface area contributed by atoms with Crippen LogP contribution in [0.5, 0.6) is 5.75 Å². The van der Waals surface area contributed by atoms with E-state index in [2.05, 4.69) is 15.8 Å². The molecule has 6 nitrogen and oxygen atoms in total. The zero-order valence-corrected chi connectivity index (χ0v) is 18.6. The van der Waals surface area contributed by atoms with Gasteiger partial charge in [-0.1, -0.05) is 78.9 Å². The lowest BCUT2D eigenvalue weighted by Gasteiger charge is -2.09. The summed E-state index contributed by atoms with van der Waals surface area (Å²) in [5, 5.41) is 8.91. The van der Waals surface area contributed by atoms with Gasteiger partial charge < -0.3 is 10.1 Å². The minimum absolute atomic E-state index is 0.0279. The molecule has 0 aliphatic heterocycles. The quantitative estimate of drug-likeness (QED) is 0.268. The summed E-state index contributed by atoms with van der Waals surface area (Å²) in [4.78, 5) is 24.5. The van der Waals surface area contributed by atoms with Crippen LogP contribution in [0.25, 0.3) is 10.8 Å². The van der Waals surface area contributed by atoms with Crippen molar-refractivity contribution in [3.05, 3.63) is 108 Å². The van der Waals surface area contributed by atoms with Gasteiger partial charge in [-0.3, -0.25) is 9.59 Å². The van der Waals surface area contributed by atoms with Gasteiger partial charge in [-0.15, -0.1) is 0 Å². The minimum Gasteiger partial charge on any atom is -0.488 e. The fourth-order valence-corrected chi connectivity index (χ4v) is 3.46. The van der Waals surface area contributed by atoms with E-state index in [4.69, 9.17) is 4.74 Å². The molecular weight excluding hydrogens is 426 g/mol. The lowest BCUT2D eigenvalue weighted by Crippen LogP contribution is -2.20. The number of nitrogens with zero attached hydrogens (tertiary/aromatic N) is 1. The molecule has 6 heteroatoms. The monoisotopic (exact) mass is 451 g/mol. The average molecular weight is 452 g/mol. The molecule has 0 aliphatic rings. The molecule has 0 saturated heterocycles. The minimum atomic E-state index is -0.341. The number of hydrogen-bond donors (Lipinski definition) is 2. The maximum Gasteiger partial charge on any atom is 0.240 e. The van der Waals surface area contributed by atoms with Crippen LogP contribution in [0.1, 0.15) is 24.0 Å². The van der Waals surface area contributed by atoms with Crippen LogP contribution in [-0.4, -0.2) is 18.0 Å². The van der Waals surface area contributed by atoms with Gasteiger partial charge in [-0.25, -0.2) is 5.43 Å². The molecule has 0 fully saturated rings. The van der Waals surface area contributed by atoms with E-state index >= 15 is 0 Å². The highest BCUT2D eigenvalue weighted by Crippen LogP contribution is 2.23. The van der Waals surface area contributed by atoms with Crippen molar-refractivity contribution in [1.82, 2.24) is 5.43 Å². The Labute approximate surface area is 198 Å². The first-order chi connectivity index (χ1) is 16.7. The second-order valence-electron chi connectivity index (χ2n) is 7.68. The fraction of sp³-hybridized carbons (Fsp3) is 0.107. The second-order valence-corrected chi connectivity index (χ2v) is 7.68. The molecule has 0 saturated carbocycles. The summed E-state index contributed by atoms with van der Waals surface area (Å²) < 4.78 is 5.89. The normalized spacial score (nSPS) is 10.8. The van der Waals surface area contributed by atoms with Gasteiger partial charge in [0.15, 0.2) is 0 Å². The summed E-state index contributed by atoms with van der Waals surface area (Å²) in [5.41, 5.74) is 5.01. The highest BCUT2D eigenvalue weighted by Gasteiger charge is 2.09. The maximum absolute atomic E-state index is 12.3. The van der Waals surface area contributed by atoms with Gasteiger partial charge in [-0.2, -0.15) is 5.10 Å².